The highest BCUT2D eigenvalue weighted by molar-refractivity contribution is 5.95. The first kappa shape index (κ1) is 14.5. The minimum absolute atomic E-state index is 0.0335. The Bertz CT molecular complexity index is 538. The van der Waals surface area contributed by atoms with Gasteiger partial charge in [-0.2, -0.15) is 0 Å². The lowest BCUT2D eigenvalue weighted by Gasteiger charge is -2.26. The van der Waals surface area contributed by atoms with Gasteiger partial charge in [-0.1, -0.05) is 11.8 Å². The van der Waals surface area contributed by atoms with Crippen molar-refractivity contribution in [3.05, 3.63) is 29.6 Å². The lowest BCUT2D eigenvalue weighted by atomic mass is 10.1. The van der Waals surface area contributed by atoms with Gasteiger partial charge in [0.15, 0.2) is 0 Å². The second-order valence-electron chi connectivity index (χ2n) is 5.40. The number of pyridine rings is 1. The van der Waals surface area contributed by atoms with E-state index in [2.05, 4.69) is 16.8 Å². The van der Waals surface area contributed by atoms with Crippen LogP contribution in [0.5, 0.6) is 0 Å². The predicted octanol–water partition coefficient (Wildman–Crippen LogP) is 1.65. The summed E-state index contributed by atoms with van der Waals surface area (Å²) in [5.41, 5.74) is 6.49. The minimum Gasteiger partial charge on any atom is -0.335 e. The number of carbonyl (C=O) groups is 1. The second kappa shape index (κ2) is 6.53. The van der Waals surface area contributed by atoms with Crippen LogP contribution in [0.15, 0.2) is 18.3 Å². The van der Waals surface area contributed by atoms with Gasteiger partial charge in [0, 0.05) is 18.8 Å². The van der Waals surface area contributed by atoms with E-state index in [-0.39, 0.29) is 18.5 Å². The molecule has 4 heteroatoms. The zero-order chi connectivity index (χ0) is 14.5. The van der Waals surface area contributed by atoms with Crippen molar-refractivity contribution in [1.29, 1.82) is 0 Å². The lowest BCUT2D eigenvalue weighted by molar-refractivity contribution is 0.0690. The molecule has 1 aliphatic carbocycles. The van der Waals surface area contributed by atoms with Crippen molar-refractivity contribution in [2.75, 3.05) is 13.1 Å². The van der Waals surface area contributed by atoms with Crippen LogP contribution in [0.1, 0.15) is 42.7 Å². The third kappa shape index (κ3) is 3.58. The Morgan fingerprint density at radius 3 is 2.90 bits per heavy atom. The number of nitrogens with zero attached hydrogens (tertiary/aromatic N) is 2. The first-order valence-electron chi connectivity index (χ1n) is 7.08. The van der Waals surface area contributed by atoms with Crippen LogP contribution in [-0.4, -0.2) is 34.9 Å². The SMILES string of the molecule is CC(C)N(CC1CC1)C(=O)c1ncccc1C#CCN. The summed E-state index contributed by atoms with van der Waals surface area (Å²) in [6, 6.07) is 3.77. The lowest BCUT2D eigenvalue weighted by Crippen LogP contribution is -2.39. The highest BCUT2D eigenvalue weighted by Gasteiger charge is 2.29. The maximum atomic E-state index is 12.7. The van der Waals surface area contributed by atoms with E-state index in [0.29, 0.717) is 17.2 Å². The summed E-state index contributed by atoms with van der Waals surface area (Å²) < 4.78 is 0. The van der Waals surface area contributed by atoms with Crippen molar-refractivity contribution in [2.45, 2.75) is 32.7 Å². The molecule has 0 aromatic carbocycles. The molecule has 20 heavy (non-hydrogen) atoms. The Morgan fingerprint density at radius 2 is 2.30 bits per heavy atom. The van der Waals surface area contributed by atoms with E-state index in [0.717, 1.165) is 6.54 Å². The van der Waals surface area contributed by atoms with Crippen LogP contribution in [0.4, 0.5) is 0 Å². The number of hydrogen-bond donors (Lipinski definition) is 1. The van der Waals surface area contributed by atoms with Crippen molar-refractivity contribution < 1.29 is 4.79 Å². The van der Waals surface area contributed by atoms with E-state index in [1.54, 1.807) is 12.3 Å². The molecule has 0 radical (unpaired) electrons. The molecule has 1 heterocycles. The quantitative estimate of drug-likeness (QED) is 0.847. The summed E-state index contributed by atoms with van der Waals surface area (Å²) in [6.45, 7) is 5.16. The van der Waals surface area contributed by atoms with Crippen molar-refractivity contribution in [3.8, 4) is 11.8 Å². The molecule has 0 bridgehead atoms. The zero-order valence-electron chi connectivity index (χ0n) is 12.1. The van der Waals surface area contributed by atoms with Crippen LogP contribution in [0, 0.1) is 17.8 Å². The van der Waals surface area contributed by atoms with Gasteiger partial charge >= 0.3 is 0 Å². The van der Waals surface area contributed by atoms with Crippen molar-refractivity contribution >= 4 is 5.91 Å². The zero-order valence-corrected chi connectivity index (χ0v) is 12.1. The summed E-state index contributed by atoms with van der Waals surface area (Å²) in [6.07, 6.45) is 4.08. The average molecular weight is 271 g/mol. The molecule has 0 spiro atoms. The molecular weight excluding hydrogens is 250 g/mol. The molecule has 106 valence electrons. The third-order valence-corrected chi connectivity index (χ3v) is 3.37. The fraction of sp³-hybridized carbons (Fsp3) is 0.500. The summed E-state index contributed by atoms with van der Waals surface area (Å²) in [5, 5.41) is 0. The molecule has 0 aliphatic heterocycles. The highest BCUT2D eigenvalue weighted by atomic mass is 16.2. The van der Waals surface area contributed by atoms with Gasteiger partial charge in [-0.25, -0.2) is 4.98 Å². The molecule has 1 aromatic rings. The maximum absolute atomic E-state index is 12.7. The van der Waals surface area contributed by atoms with E-state index in [1.165, 1.54) is 12.8 Å². The second-order valence-corrected chi connectivity index (χ2v) is 5.40. The molecule has 1 aromatic heterocycles. The molecule has 2 rings (SSSR count). The summed E-state index contributed by atoms with van der Waals surface area (Å²) in [7, 11) is 0. The van der Waals surface area contributed by atoms with Gasteiger partial charge in [-0.05, 0) is 44.7 Å². The fourth-order valence-corrected chi connectivity index (χ4v) is 2.07. The number of nitrogens with two attached hydrogens (primary N) is 1. The molecule has 1 fully saturated rings. The molecule has 2 N–H and O–H groups in total. The van der Waals surface area contributed by atoms with Crippen molar-refractivity contribution in [1.82, 2.24) is 9.88 Å². The predicted molar refractivity (Wildman–Crippen MR) is 79.1 cm³/mol. The summed E-state index contributed by atoms with van der Waals surface area (Å²) >= 11 is 0. The molecule has 1 aliphatic rings. The molecule has 0 saturated heterocycles. The smallest absolute Gasteiger partial charge is 0.273 e. The Morgan fingerprint density at radius 1 is 1.55 bits per heavy atom. The average Bonchev–Trinajstić information content (AvgIpc) is 3.26. The van der Waals surface area contributed by atoms with Gasteiger partial charge in [0.05, 0.1) is 12.1 Å². The topological polar surface area (TPSA) is 59.2 Å². The molecular formula is C16H21N3O. The molecule has 1 amide bonds. The van der Waals surface area contributed by atoms with E-state index in [4.69, 9.17) is 5.73 Å². The molecule has 4 nitrogen and oxygen atoms in total. The van der Waals surface area contributed by atoms with Gasteiger partial charge in [-0.3, -0.25) is 4.79 Å². The first-order chi connectivity index (χ1) is 9.63. The van der Waals surface area contributed by atoms with Crippen LogP contribution < -0.4 is 5.73 Å². The number of carbonyl (C=O) groups excluding carboxylic acids is 1. The molecule has 0 atom stereocenters. The summed E-state index contributed by atoms with van der Waals surface area (Å²) in [5.74, 6) is 6.34. The van der Waals surface area contributed by atoms with Crippen LogP contribution in [0.3, 0.4) is 0 Å². The van der Waals surface area contributed by atoms with Gasteiger partial charge in [0.2, 0.25) is 0 Å². The van der Waals surface area contributed by atoms with E-state index in [1.807, 2.05) is 24.8 Å². The number of hydrogen-bond acceptors (Lipinski definition) is 3. The largest absolute Gasteiger partial charge is 0.335 e. The van der Waals surface area contributed by atoms with Crippen molar-refractivity contribution in [2.24, 2.45) is 11.7 Å². The monoisotopic (exact) mass is 271 g/mol. The highest BCUT2D eigenvalue weighted by Crippen LogP contribution is 2.30. The van der Waals surface area contributed by atoms with E-state index in [9.17, 15) is 4.79 Å². The summed E-state index contributed by atoms with van der Waals surface area (Å²) in [4.78, 5) is 18.8. The van der Waals surface area contributed by atoms with E-state index < -0.39 is 0 Å². The Kier molecular flexibility index (Phi) is 4.75. The van der Waals surface area contributed by atoms with Gasteiger partial charge in [0.1, 0.15) is 5.69 Å². The maximum Gasteiger partial charge on any atom is 0.273 e. The first-order valence-corrected chi connectivity index (χ1v) is 7.08. The Hall–Kier alpha value is -1.86. The normalized spacial score (nSPS) is 13.8. The van der Waals surface area contributed by atoms with Gasteiger partial charge in [0.25, 0.3) is 5.91 Å². The third-order valence-electron chi connectivity index (χ3n) is 3.37. The minimum atomic E-state index is -0.0335. The van der Waals surface area contributed by atoms with Crippen LogP contribution in [0.2, 0.25) is 0 Å². The van der Waals surface area contributed by atoms with Gasteiger partial charge in [-0.15, -0.1) is 0 Å². The molecule has 0 unspecified atom stereocenters. The van der Waals surface area contributed by atoms with Crippen molar-refractivity contribution in [3.63, 3.8) is 0 Å². The number of rotatable bonds is 4. The number of aromatic nitrogens is 1. The molecule has 1 saturated carbocycles. The standard InChI is InChI=1S/C16H21N3O/c1-12(2)19(11-13-7-8-13)16(20)15-14(5-3-9-17)6-4-10-18-15/h4,6,10,12-13H,7-9,11,17H2,1-2H3. The fourth-order valence-electron chi connectivity index (χ4n) is 2.07. The van der Waals surface area contributed by atoms with Crippen LogP contribution in [-0.2, 0) is 0 Å². The van der Waals surface area contributed by atoms with Gasteiger partial charge < -0.3 is 10.6 Å². The van der Waals surface area contributed by atoms with E-state index >= 15 is 0 Å². The number of amides is 1. The van der Waals surface area contributed by atoms with Crippen LogP contribution in [0.25, 0.3) is 0 Å². The Balaban J connectivity index is 2.25. The van der Waals surface area contributed by atoms with Crippen LogP contribution >= 0.6 is 0 Å². The Labute approximate surface area is 120 Å².